The number of anilines is 1. The van der Waals surface area contributed by atoms with E-state index in [0.29, 0.717) is 22.7 Å². The van der Waals surface area contributed by atoms with Crippen LogP contribution >= 0.6 is 0 Å². The molecule has 29 heavy (non-hydrogen) atoms. The van der Waals surface area contributed by atoms with Gasteiger partial charge in [-0.3, -0.25) is 4.79 Å². The molecule has 0 fully saturated rings. The Morgan fingerprint density at radius 3 is 2.59 bits per heavy atom. The Morgan fingerprint density at radius 2 is 1.79 bits per heavy atom. The van der Waals surface area contributed by atoms with Crippen molar-refractivity contribution < 1.29 is 14.3 Å². The summed E-state index contributed by atoms with van der Waals surface area (Å²) in [4.78, 5) is 17.3. The zero-order chi connectivity index (χ0) is 20.4. The van der Waals surface area contributed by atoms with Gasteiger partial charge in [-0.15, -0.1) is 0 Å². The van der Waals surface area contributed by atoms with Crippen LogP contribution in [0.25, 0.3) is 16.9 Å². The number of hydrogen-bond donors (Lipinski definition) is 1. The van der Waals surface area contributed by atoms with Crippen LogP contribution in [0.15, 0.2) is 67.0 Å². The molecule has 0 saturated heterocycles. The van der Waals surface area contributed by atoms with E-state index in [1.165, 1.54) is 0 Å². The maximum Gasteiger partial charge on any atom is 0.255 e. The predicted octanol–water partition coefficient (Wildman–Crippen LogP) is 4.58. The minimum atomic E-state index is -0.228. The van der Waals surface area contributed by atoms with Gasteiger partial charge in [0.1, 0.15) is 5.65 Å². The topological polar surface area (TPSA) is 64.9 Å². The number of methoxy groups -OCH3 is 2. The third-order valence-electron chi connectivity index (χ3n) is 4.66. The van der Waals surface area contributed by atoms with E-state index in [-0.39, 0.29) is 5.91 Å². The number of carbonyl (C=O) groups is 1. The summed E-state index contributed by atoms with van der Waals surface area (Å²) in [5.74, 6) is 0.857. The zero-order valence-electron chi connectivity index (χ0n) is 16.5. The maximum atomic E-state index is 12.7. The SMILES string of the molecule is COc1ccc(C(=O)Nc2cccc(-c3cn4cc(C)ccc4n3)c2)cc1OC. The number of aromatic nitrogens is 2. The summed E-state index contributed by atoms with van der Waals surface area (Å²) in [5, 5.41) is 2.93. The highest BCUT2D eigenvalue weighted by atomic mass is 16.5. The average Bonchev–Trinajstić information content (AvgIpc) is 3.16. The van der Waals surface area contributed by atoms with Crippen molar-refractivity contribution in [1.29, 1.82) is 0 Å². The number of pyridine rings is 1. The Labute approximate surface area is 168 Å². The number of nitrogens with one attached hydrogen (secondary N) is 1. The minimum absolute atomic E-state index is 0.228. The quantitative estimate of drug-likeness (QED) is 0.544. The molecular formula is C23H21N3O3. The molecule has 1 N–H and O–H groups in total. The van der Waals surface area contributed by atoms with Gasteiger partial charge >= 0.3 is 0 Å². The summed E-state index contributed by atoms with van der Waals surface area (Å²) in [6, 6.07) is 16.7. The highest BCUT2D eigenvalue weighted by Crippen LogP contribution is 2.28. The van der Waals surface area contributed by atoms with Crippen LogP contribution in [0.3, 0.4) is 0 Å². The second kappa shape index (κ2) is 7.67. The molecule has 6 heteroatoms. The molecular weight excluding hydrogens is 366 g/mol. The first kappa shape index (κ1) is 18.6. The molecule has 2 aromatic heterocycles. The second-order valence-electron chi connectivity index (χ2n) is 6.70. The number of rotatable bonds is 5. The van der Waals surface area contributed by atoms with Gasteiger partial charge in [-0.1, -0.05) is 18.2 Å². The molecule has 0 atom stereocenters. The van der Waals surface area contributed by atoms with Crippen LogP contribution in [0.1, 0.15) is 15.9 Å². The van der Waals surface area contributed by atoms with Crippen LogP contribution in [-0.4, -0.2) is 29.5 Å². The van der Waals surface area contributed by atoms with Crippen molar-refractivity contribution >= 4 is 17.2 Å². The largest absolute Gasteiger partial charge is 0.493 e. The van der Waals surface area contributed by atoms with E-state index in [1.807, 2.05) is 60.1 Å². The number of benzene rings is 2. The van der Waals surface area contributed by atoms with Gasteiger partial charge in [-0.05, 0) is 48.9 Å². The maximum absolute atomic E-state index is 12.7. The fraction of sp³-hybridized carbons (Fsp3) is 0.130. The fourth-order valence-electron chi connectivity index (χ4n) is 3.18. The van der Waals surface area contributed by atoms with Gasteiger partial charge in [-0.2, -0.15) is 0 Å². The molecule has 0 aliphatic carbocycles. The van der Waals surface area contributed by atoms with E-state index in [2.05, 4.69) is 10.3 Å². The van der Waals surface area contributed by atoms with Crippen LogP contribution in [0.5, 0.6) is 11.5 Å². The molecule has 0 unspecified atom stereocenters. The molecule has 4 aromatic rings. The first-order chi connectivity index (χ1) is 14.1. The highest BCUT2D eigenvalue weighted by Gasteiger charge is 2.12. The van der Waals surface area contributed by atoms with Gasteiger partial charge in [0, 0.05) is 29.2 Å². The molecule has 1 amide bonds. The van der Waals surface area contributed by atoms with Crippen LogP contribution in [-0.2, 0) is 0 Å². The molecule has 0 bridgehead atoms. The van der Waals surface area contributed by atoms with E-state index < -0.39 is 0 Å². The van der Waals surface area contributed by atoms with Crippen molar-refractivity contribution in [3.8, 4) is 22.8 Å². The molecule has 6 nitrogen and oxygen atoms in total. The third kappa shape index (κ3) is 3.78. The monoisotopic (exact) mass is 387 g/mol. The Bertz CT molecular complexity index is 1200. The molecule has 0 saturated carbocycles. The molecule has 0 aliphatic heterocycles. The molecule has 0 spiro atoms. The van der Waals surface area contributed by atoms with E-state index >= 15 is 0 Å². The summed E-state index contributed by atoms with van der Waals surface area (Å²) in [5.41, 5.74) is 4.99. The summed E-state index contributed by atoms with van der Waals surface area (Å²) in [6.07, 6.45) is 4.02. The number of hydrogen-bond acceptors (Lipinski definition) is 4. The lowest BCUT2D eigenvalue weighted by atomic mass is 10.1. The van der Waals surface area contributed by atoms with Crippen LogP contribution in [0.2, 0.25) is 0 Å². The van der Waals surface area contributed by atoms with Crippen molar-refractivity contribution in [2.75, 3.05) is 19.5 Å². The number of carbonyl (C=O) groups excluding carboxylic acids is 1. The van der Waals surface area contributed by atoms with E-state index in [0.717, 1.165) is 22.5 Å². The number of nitrogens with zero attached hydrogens (tertiary/aromatic N) is 2. The average molecular weight is 387 g/mol. The highest BCUT2D eigenvalue weighted by molar-refractivity contribution is 6.04. The molecule has 4 rings (SSSR count). The molecule has 2 aromatic carbocycles. The third-order valence-corrected chi connectivity index (χ3v) is 4.66. The van der Waals surface area contributed by atoms with Gasteiger partial charge < -0.3 is 19.2 Å². The smallest absolute Gasteiger partial charge is 0.255 e. The van der Waals surface area contributed by atoms with Gasteiger partial charge in [0.25, 0.3) is 5.91 Å². The molecule has 0 radical (unpaired) electrons. The number of aryl methyl sites for hydroxylation is 1. The van der Waals surface area contributed by atoms with Gasteiger partial charge in [0.15, 0.2) is 11.5 Å². The first-order valence-electron chi connectivity index (χ1n) is 9.16. The van der Waals surface area contributed by atoms with E-state index in [9.17, 15) is 4.79 Å². The lowest BCUT2D eigenvalue weighted by Crippen LogP contribution is -2.12. The van der Waals surface area contributed by atoms with Crippen molar-refractivity contribution in [3.63, 3.8) is 0 Å². The molecule has 0 aliphatic rings. The number of ether oxygens (including phenoxy) is 2. The predicted molar refractivity (Wildman–Crippen MR) is 113 cm³/mol. The van der Waals surface area contributed by atoms with Crippen LogP contribution in [0, 0.1) is 6.92 Å². The summed E-state index contributed by atoms with van der Waals surface area (Å²) >= 11 is 0. The zero-order valence-corrected chi connectivity index (χ0v) is 16.5. The number of fused-ring (bicyclic) bond motifs is 1. The lowest BCUT2D eigenvalue weighted by molar-refractivity contribution is 0.102. The fourth-order valence-corrected chi connectivity index (χ4v) is 3.18. The Morgan fingerprint density at radius 1 is 0.966 bits per heavy atom. The Balaban J connectivity index is 1.59. The minimum Gasteiger partial charge on any atom is -0.493 e. The Hall–Kier alpha value is -3.80. The van der Waals surface area contributed by atoms with Gasteiger partial charge in [-0.25, -0.2) is 4.98 Å². The van der Waals surface area contributed by atoms with E-state index in [4.69, 9.17) is 9.47 Å². The normalized spacial score (nSPS) is 10.7. The number of imidazole rings is 1. The van der Waals surface area contributed by atoms with Crippen molar-refractivity contribution in [1.82, 2.24) is 9.38 Å². The summed E-state index contributed by atoms with van der Waals surface area (Å²) in [7, 11) is 3.10. The Kier molecular flexibility index (Phi) is 4.91. The second-order valence-corrected chi connectivity index (χ2v) is 6.70. The molecule has 2 heterocycles. The first-order valence-corrected chi connectivity index (χ1v) is 9.16. The van der Waals surface area contributed by atoms with Crippen molar-refractivity contribution in [2.24, 2.45) is 0 Å². The van der Waals surface area contributed by atoms with Crippen LogP contribution < -0.4 is 14.8 Å². The standard InChI is InChI=1S/C23H21N3O3/c1-15-7-10-22-25-19(14-26(22)13-15)16-5-4-6-18(11-16)24-23(27)17-8-9-20(28-2)21(12-17)29-3/h4-14H,1-3H3,(H,24,27). The summed E-state index contributed by atoms with van der Waals surface area (Å²) in [6.45, 7) is 2.05. The van der Waals surface area contributed by atoms with E-state index in [1.54, 1.807) is 32.4 Å². The lowest BCUT2D eigenvalue weighted by Gasteiger charge is -2.10. The number of amides is 1. The molecule has 146 valence electrons. The van der Waals surface area contributed by atoms with Gasteiger partial charge in [0.05, 0.1) is 19.9 Å². The van der Waals surface area contributed by atoms with Crippen molar-refractivity contribution in [3.05, 3.63) is 78.1 Å². The van der Waals surface area contributed by atoms with Crippen molar-refractivity contribution in [2.45, 2.75) is 6.92 Å². The van der Waals surface area contributed by atoms with Crippen LogP contribution in [0.4, 0.5) is 5.69 Å². The summed E-state index contributed by atoms with van der Waals surface area (Å²) < 4.78 is 12.5. The van der Waals surface area contributed by atoms with Gasteiger partial charge in [0.2, 0.25) is 0 Å².